The zero-order valence-corrected chi connectivity index (χ0v) is 12.9. The van der Waals surface area contributed by atoms with Crippen molar-refractivity contribution in [3.63, 3.8) is 0 Å². The molecule has 116 valence electrons. The van der Waals surface area contributed by atoms with Crippen molar-refractivity contribution < 1.29 is 9.84 Å². The number of hydrogen-bond donors (Lipinski definition) is 1. The van der Waals surface area contributed by atoms with E-state index >= 15 is 0 Å². The molecule has 1 aliphatic rings. The first-order valence-corrected chi connectivity index (χ1v) is 7.74. The Morgan fingerprint density at radius 2 is 1.77 bits per heavy atom. The summed E-state index contributed by atoms with van der Waals surface area (Å²) in [6.07, 6.45) is 1.73. The largest absolute Gasteiger partial charge is 0.379 e. The number of ether oxygens (including phenoxy) is 1. The Labute approximate surface area is 131 Å². The minimum Gasteiger partial charge on any atom is -0.379 e. The third-order valence-electron chi connectivity index (χ3n) is 4.47. The van der Waals surface area contributed by atoms with E-state index in [1.807, 2.05) is 48.5 Å². The molecule has 2 aromatic rings. The molecule has 0 bridgehead atoms. The van der Waals surface area contributed by atoms with Crippen LogP contribution in [-0.4, -0.2) is 47.3 Å². The molecular formula is C18H22N2O2. The minimum atomic E-state index is -1.14. The number of nitrogens with zero attached hydrogens (tertiary/aromatic N) is 2. The van der Waals surface area contributed by atoms with Crippen LogP contribution in [0.2, 0.25) is 0 Å². The first kappa shape index (κ1) is 15.2. The SMILES string of the molecule is C[C@@H](N1CCOCC1)[C@@](O)(c1ccccc1)c1ccccn1. The van der Waals surface area contributed by atoms with Crippen LogP contribution < -0.4 is 0 Å². The van der Waals surface area contributed by atoms with Crippen molar-refractivity contribution in [2.75, 3.05) is 26.3 Å². The van der Waals surface area contributed by atoms with E-state index in [4.69, 9.17) is 4.74 Å². The number of aromatic nitrogens is 1. The molecule has 1 fully saturated rings. The summed E-state index contributed by atoms with van der Waals surface area (Å²) >= 11 is 0. The van der Waals surface area contributed by atoms with Gasteiger partial charge in [-0.05, 0) is 24.6 Å². The molecule has 0 spiro atoms. The van der Waals surface area contributed by atoms with Crippen LogP contribution in [0.15, 0.2) is 54.7 Å². The standard InChI is InChI=1S/C18H22N2O2/c1-15(20-11-13-22-14-12-20)18(21,16-7-3-2-4-8-16)17-9-5-6-10-19-17/h2-10,15,21H,11-14H2,1H3/t15-,18-/m1/s1. The molecule has 2 heterocycles. The number of morpholine rings is 1. The van der Waals surface area contributed by atoms with Gasteiger partial charge in [0.2, 0.25) is 0 Å². The average Bonchev–Trinajstić information content (AvgIpc) is 2.62. The number of aliphatic hydroxyl groups is 1. The van der Waals surface area contributed by atoms with Crippen molar-refractivity contribution in [1.82, 2.24) is 9.88 Å². The summed E-state index contributed by atoms with van der Waals surface area (Å²) in [5, 5.41) is 11.6. The zero-order chi connectivity index (χ0) is 15.4. The van der Waals surface area contributed by atoms with Crippen molar-refractivity contribution in [3.05, 3.63) is 66.0 Å². The highest BCUT2D eigenvalue weighted by Crippen LogP contribution is 2.34. The molecule has 0 aliphatic carbocycles. The van der Waals surface area contributed by atoms with Gasteiger partial charge in [0.15, 0.2) is 0 Å². The molecule has 1 aromatic heterocycles. The molecule has 1 aromatic carbocycles. The molecule has 2 atom stereocenters. The summed E-state index contributed by atoms with van der Waals surface area (Å²) < 4.78 is 5.44. The lowest BCUT2D eigenvalue weighted by Gasteiger charge is -2.42. The van der Waals surface area contributed by atoms with E-state index in [2.05, 4.69) is 16.8 Å². The van der Waals surface area contributed by atoms with E-state index in [1.54, 1.807) is 6.20 Å². The van der Waals surface area contributed by atoms with Gasteiger partial charge in [-0.25, -0.2) is 0 Å². The maximum absolute atomic E-state index is 11.6. The maximum Gasteiger partial charge on any atom is 0.146 e. The zero-order valence-electron chi connectivity index (χ0n) is 12.9. The van der Waals surface area contributed by atoms with Crippen molar-refractivity contribution in [3.8, 4) is 0 Å². The second-order valence-electron chi connectivity index (χ2n) is 5.67. The van der Waals surface area contributed by atoms with Gasteiger partial charge in [0, 0.05) is 25.3 Å². The molecular weight excluding hydrogens is 276 g/mol. The Bertz CT molecular complexity index is 543. The van der Waals surface area contributed by atoms with Crippen LogP contribution >= 0.6 is 0 Å². The number of pyridine rings is 1. The average molecular weight is 298 g/mol. The van der Waals surface area contributed by atoms with Crippen molar-refractivity contribution in [1.29, 1.82) is 0 Å². The first-order chi connectivity index (χ1) is 10.7. The summed E-state index contributed by atoms with van der Waals surface area (Å²) in [4.78, 5) is 6.70. The Morgan fingerprint density at radius 1 is 1.09 bits per heavy atom. The van der Waals surface area contributed by atoms with Crippen molar-refractivity contribution in [2.24, 2.45) is 0 Å². The second kappa shape index (κ2) is 6.57. The Hall–Kier alpha value is -1.75. The van der Waals surface area contributed by atoms with Crippen molar-refractivity contribution in [2.45, 2.75) is 18.6 Å². The van der Waals surface area contributed by atoms with E-state index in [0.717, 1.165) is 18.7 Å². The van der Waals surface area contributed by atoms with Gasteiger partial charge in [-0.1, -0.05) is 36.4 Å². The fourth-order valence-corrected chi connectivity index (χ4v) is 3.11. The molecule has 0 saturated carbocycles. The summed E-state index contributed by atoms with van der Waals surface area (Å²) in [5.41, 5.74) is 0.410. The summed E-state index contributed by atoms with van der Waals surface area (Å²) in [6, 6.07) is 15.4. The van der Waals surface area contributed by atoms with E-state index in [1.165, 1.54) is 0 Å². The van der Waals surface area contributed by atoms with E-state index < -0.39 is 5.60 Å². The maximum atomic E-state index is 11.6. The topological polar surface area (TPSA) is 45.6 Å². The Kier molecular flexibility index (Phi) is 4.52. The van der Waals surface area contributed by atoms with Crippen LogP contribution in [0.3, 0.4) is 0 Å². The van der Waals surface area contributed by atoms with E-state index in [-0.39, 0.29) is 6.04 Å². The van der Waals surface area contributed by atoms with Crippen LogP contribution in [-0.2, 0) is 10.3 Å². The fourth-order valence-electron chi connectivity index (χ4n) is 3.11. The molecule has 3 rings (SSSR count). The van der Waals surface area contributed by atoms with Gasteiger partial charge in [-0.2, -0.15) is 0 Å². The Morgan fingerprint density at radius 3 is 2.41 bits per heavy atom. The van der Waals surface area contributed by atoms with Gasteiger partial charge >= 0.3 is 0 Å². The fraction of sp³-hybridized carbons (Fsp3) is 0.389. The highest BCUT2D eigenvalue weighted by Gasteiger charge is 2.42. The molecule has 4 nitrogen and oxygen atoms in total. The van der Waals surface area contributed by atoms with Gasteiger partial charge in [0.1, 0.15) is 5.60 Å². The predicted molar refractivity (Wildman–Crippen MR) is 85.5 cm³/mol. The van der Waals surface area contributed by atoms with Gasteiger partial charge in [-0.3, -0.25) is 9.88 Å². The van der Waals surface area contributed by atoms with Crippen LogP contribution in [0.5, 0.6) is 0 Å². The predicted octanol–water partition coefficient (Wildman–Crippen LogP) is 2.04. The Balaban J connectivity index is 2.03. The molecule has 1 saturated heterocycles. The molecule has 0 unspecified atom stereocenters. The first-order valence-electron chi connectivity index (χ1n) is 7.74. The van der Waals surface area contributed by atoms with E-state index in [0.29, 0.717) is 18.9 Å². The van der Waals surface area contributed by atoms with Gasteiger partial charge in [0.05, 0.1) is 18.9 Å². The number of rotatable bonds is 4. The highest BCUT2D eigenvalue weighted by molar-refractivity contribution is 5.34. The van der Waals surface area contributed by atoms with Crippen LogP contribution in [0, 0.1) is 0 Å². The monoisotopic (exact) mass is 298 g/mol. The number of benzene rings is 1. The quantitative estimate of drug-likeness (QED) is 0.938. The van der Waals surface area contributed by atoms with E-state index in [9.17, 15) is 5.11 Å². The summed E-state index contributed by atoms with van der Waals surface area (Å²) in [7, 11) is 0. The molecule has 0 radical (unpaired) electrons. The minimum absolute atomic E-state index is 0.0892. The molecule has 1 aliphatic heterocycles. The van der Waals surface area contributed by atoms with Crippen LogP contribution in [0.4, 0.5) is 0 Å². The number of hydrogen-bond acceptors (Lipinski definition) is 4. The lowest BCUT2D eigenvalue weighted by atomic mass is 9.82. The molecule has 4 heteroatoms. The third kappa shape index (κ3) is 2.77. The lowest BCUT2D eigenvalue weighted by molar-refractivity contribution is -0.0550. The molecule has 22 heavy (non-hydrogen) atoms. The molecule has 0 amide bonds. The highest BCUT2D eigenvalue weighted by atomic mass is 16.5. The summed E-state index contributed by atoms with van der Waals surface area (Å²) in [5.74, 6) is 0. The van der Waals surface area contributed by atoms with Crippen LogP contribution in [0.1, 0.15) is 18.2 Å². The van der Waals surface area contributed by atoms with Gasteiger partial charge in [-0.15, -0.1) is 0 Å². The van der Waals surface area contributed by atoms with Crippen molar-refractivity contribution >= 4 is 0 Å². The van der Waals surface area contributed by atoms with Crippen LogP contribution in [0.25, 0.3) is 0 Å². The second-order valence-corrected chi connectivity index (χ2v) is 5.67. The lowest BCUT2D eigenvalue weighted by Crippen LogP contribution is -2.53. The summed E-state index contributed by atoms with van der Waals surface area (Å²) in [6.45, 7) is 5.12. The normalized spacial score (nSPS) is 20.3. The van der Waals surface area contributed by atoms with Gasteiger partial charge in [0.25, 0.3) is 0 Å². The van der Waals surface area contributed by atoms with Gasteiger partial charge < -0.3 is 9.84 Å². The smallest absolute Gasteiger partial charge is 0.146 e. The third-order valence-corrected chi connectivity index (χ3v) is 4.47. The molecule has 1 N–H and O–H groups in total.